The van der Waals surface area contributed by atoms with Crippen LogP contribution >= 0.6 is 27.7 Å². The number of halogens is 2. The first kappa shape index (κ1) is 12.8. The summed E-state index contributed by atoms with van der Waals surface area (Å²) >= 11 is 4.96. The molecule has 0 aliphatic heterocycles. The summed E-state index contributed by atoms with van der Waals surface area (Å²) in [5, 5.41) is 2.29. The first-order valence-corrected chi connectivity index (χ1v) is 7.65. The maximum absolute atomic E-state index is 13.4. The zero-order valence-electron chi connectivity index (χ0n) is 9.99. The highest BCUT2D eigenvalue weighted by atomic mass is 79.9. The fourth-order valence-corrected chi connectivity index (χ4v) is 3.47. The Hall–Kier alpha value is -1.26. The highest BCUT2D eigenvalue weighted by molar-refractivity contribution is 9.10. The number of hydrogen-bond acceptors (Lipinski definition) is 1. The van der Waals surface area contributed by atoms with E-state index in [1.807, 2.05) is 18.2 Å². The second-order valence-corrected chi connectivity index (χ2v) is 6.03. The number of aromatic amines is 1. The van der Waals surface area contributed by atoms with Crippen LogP contribution in [0, 0.1) is 5.82 Å². The molecule has 0 unspecified atom stereocenters. The summed E-state index contributed by atoms with van der Waals surface area (Å²) in [6.45, 7) is 0. The van der Waals surface area contributed by atoms with Crippen LogP contribution < -0.4 is 0 Å². The Labute approximate surface area is 123 Å². The lowest BCUT2D eigenvalue weighted by atomic mass is 10.2. The minimum Gasteiger partial charge on any atom is -0.350 e. The molecule has 2 aromatic carbocycles. The zero-order chi connectivity index (χ0) is 13.2. The van der Waals surface area contributed by atoms with E-state index in [1.54, 1.807) is 17.8 Å². The van der Waals surface area contributed by atoms with Crippen LogP contribution in [0.3, 0.4) is 0 Å². The Balaban J connectivity index is 1.80. The molecule has 0 fully saturated rings. The molecule has 0 saturated carbocycles. The lowest BCUT2D eigenvalue weighted by Gasteiger charge is -2.03. The number of fused-ring (bicyclic) bond motifs is 1. The van der Waals surface area contributed by atoms with Gasteiger partial charge in [-0.3, -0.25) is 0 Å². The molecule has 0 saturated heterocycles. The number of thioether (sulfide) groups is 1. The molecule has 3 rings (SSSR count). The summed E-state index contributed by atoms with van der Waals surface area (Å²) in [6.07, 6.45) is 0. The van der Waals surface area contributed by atoms with Gasteiger partial charge in [-0.25, -0.2) is 4.39 Å². The quantitative estimate of drug-likeness (QED) is 0.637. The van der Waals surface area contributed by atoms with Gasteiger partial charge in [-0.05, 0) is 39.7 Å². The van der Waals surface area contributed by atoms with Crippen molar-refractivity contribution in [3.8, 4) is 0 Å². The first-order chi connectivity index (χ1) is 9.24. The van der Waals surface area contributed by atoms with E-state index in [4.69, 9.17) is 0 Å². The van der Waals surface area contributed by atoms with E-state index in [0.29, 0.717) is 4.47 Å². The van der Waals surface area contributed by atoms with Gasteiger partial charge in [0.05, 0.1) is 9.50 Å². The standard InChI is InChI=1S/C15H11BrFNS/c16-15-11(5-3-6-12(15)17)9-19-14-8-10-4-1-2-7-13(10)18-14/h1-8,18H,9H2. The fourth-order valence-electron chi connectivity index (χ4n) is 1.94. The van der Waals surface area contributed by atoms with Gasteiger partial charge in [0, 0.05) is 16.7 Å². The summed E-state index contributed by atoms with van der Waals surface area (Å²) < 4.78 is 14.0. The Bertz CT molecular complexity index is 690. The van der Waals surface area contributed by atoms with Crippen molar-refractivity contribution in [2.45, 2.75) is 10.8 Å². The molecule has 96 valence electrons. The van der Waals surface area contributed by atoms with Gasteiger partial charge < -0.3 is 4.98 Å². The molecule has 1 nitrogen and oxygen atoms in total. The monoisotopic (exact) mass is 335 g/mol. The number of para-hydroxylation sites is 1. The van der Waals surface area contributed by atoms with Gasteiger partial charge in [0.25, 0.3) is 0 Å². The maximum Gasteiger partial charge on any atom is 0.137 e. The topological polar surface area (TPSA) is 15.8 Å². The summed E-state index contributed by atoms with van der Waals surface area (Å²) in [7, 11) is 0. The van der Waals surface area contributed by atoms with Crippen LogP contribution in [0.2, 0.25) is 0 Å². The lowest BCUT2D eigenvalue weighted by molar-refractivity contribution is 0.619. The van der Waals surface area contributed by atoms with E-state index in [2.05, 4.69) is 39.1 Å². The van der Waals surface area contributed by atoms with E-state index < -0.39 is 0 Å². The molecule has 0 radical (unpaired) electrons. The predicted molar refractivity (Wildman–Crippen MR) is 82.0 cm³/mol. The number of benzene rings is 2. The summed E-state index contributed by atoms with van der Waals surface area (Å²) in [5.74, 6) is 0.514. The molecule has 1 heterocycles. The fraction of sp³-hybridized carbons (Fsp3) is 0.0667. The average molecular weight is 336 g/mol. The number of rotatable bonds is 3. The summed E-state index contributed by atoms with van der Waals surface area (Å²) in [4.78, 5) is 3.35. The Morgan fingerprint density at radius 1 is 1.11 bits per heavy atom. The van der Waals surface area contributed by atoms with Crippen LogP contribution in [-0.4, -0.2) is 4.98 Å². The van der Waals surface area contributed by atoms with Crippen LogP contribution in [0.5, 0.6) is 0 Å². The Morgan fingerprint density at radius 3 is 2.79 bits per heavy atom. The number of nitrogens with one attached hydrogen (secondary N) is 1. The van der Waals surface area contributed by atoms with E-state index in [0.717, 1.165) is 21.9 Å². The molecule has 0 aliphatic carbocycles. The van der Waals surface area contributed by atoms with Crippen molar-refractivity contribution >= 4 is 38.6 Å². The summed E-state index contributed by atoms with van der Waals surface area (Å²) in [5.41, 5.74) is 2.09. The van der Waals surface area contributed by atoms with Gasteiger partial charge in [-0.1, -0.05) is 30.3 Å². The van der Waals surface area contributed by atoms with Gasteiger partial charge in [-0.2, -0.15) is 0 Å². The van der Waals surface area contributed by atoms with Crippen LogP contribution in [0.15, 0.2) is 58.0 Å². The molecule has 3 aromatic rings. The first-order valence-electron chi connectivity index (χ1n) is 5.87. The van der Waals surface area contributed by atoms with Crippen LogP contribution in [-0.2, 0) is 5.75 Å². The molecular weight excluding hydrogens is 325 g/mol. The van der Waals surface area contributed by atoms with Crippen molar-refractivity contribution in [1.82, 2.24) is 4.98 Å². The maximum atomic E-state index is 13.4. The normalized spacial score (nSPS) is 11.1. The Kier molecular flexibility index (Phi) is 3.62. The molecule has 0 bridgehead atoms. The van der Waals surface area contributed by atoms with Crippen LogP contribution in [0.25, 0.3) is 10.9 Å². The molecule has 1 aromatic heterocycles. The lowest BCUT2D eigenvalue weighted by Crippen LogP contribution is -1.86. The van der Waals surface area contributed by atoms with Crippen LogP contribution in [0.1, 0.15) is 5.56 Å². The number of H-pyrrole nitrogens is 1. The third-order valence-electron chi connectivity index (χ3n) is 2.92. The molecule has 19 heavy (non-hydrogen) atoms. The van der Waals surface area contributed by atoms with Crippen molar-refractivity contribution in [2.24, 2.45) is 0 Å². The predicted octanol–water partition coefficient (Wildman–Crippen LogP) is 5.36. The molecule has 0 spiro atoms. The minimum absolute atomic E-state index is 0.213. The smallest absolute Gasteiger partial charge is 0.137 e. The van der Waals surface area contributed by atoms with Gasteiger partial charge >= 0.3 is 0 Å². The number of hydrogen-bond donors (Lipinski definition) is 1. The van der Waals surface area contributed by atoms with Crippen LogP contribution in [0.4, 0.5) is 4.39 Å². The van der Waals surface area contributed by atoms with Crippen molar-refractivity contribution in [3.63, 3.8) is 0 Å². The van der Waals surface area contributed by atoms with Gasteiger partial charge in [0.2, 0.25) is 0 Å². The largest absolute Gasteiger partial charge is 0.350 e. The van der Waals surface area contributed by atoms with Crippen molar-refractivity contribution in [1.29, 1.82) is 0 Å². The van der Waals surface area contributed by atoms with E-state index in [-0.39, 0.29) is 5.82 Å². The molecule has 4 heteroatoms. The SMILES string of the molecule is Fc1cccc(CSc2cc3ccccc3[nH]2)c1Br. The average Bonchev–Trinajstić information content (AvgIpc) is 2.83. The molecule has 0 atom stereocenters. The van der Waals surface area contributed by atoms with E-state index in [9.17, 15) is 4.39 Å². The van der Waals surface area contributed by atoms with Gasteiger partial charge in [0.15, 0.2) is 0 Å². The molecule has 0 aliphatic rings. The van der Waals surface area contributed by atoms with E-state index in [1.165, 1.54) is 11.5 Å². The third kappa shape index (κ3) is 2.69. The highest BCUT2D eigenvalue weighted by Gasteiger charge is 2.06. The summed E-state index contributed by atoms with van der Waals surface area (Å²) in [6, 6.07) is 15.4. The Morgan fingerprint density at radius 2 is 1.95 bits per heavy atom. The highest BCUT2D eigenvalue weighted by Crippen LogP contribution is 2.29. The molecule has 1 N–H and O–H groups in total. The second kappa shape index (κ2) is 5.39. The van der Waals surface area contributed by atoms with Crippen molar-refractivity contribution in [3.05, 3.63) is 64.4 Å². The van der Waals surface area contributed by atoms with Gasteiger partial charge in [0.1, 0.15) is 5.82 Å². The second-order valence-electron chi connectivity index (χ2n) is 4.22. The minimum atomic E-state index is -0.213. The molecular formula is C15H11BrFNS. The third-order valence-corrected chi connectivity index (χ3v) is 4.79. The van der Waals surface area contributed by atoms with Gasteiger partial charge in [-0.15, -0.1) is 11.8 Å². The van der Waals surface area contributed by atoms with E-state index >= 15 is 0 Å². The van der Waals surface area contributed by atoms with Crippen molar-refractivity contribution < 1.29 is 4.39 Å². The zero-order valence-corrected chi connectivity index (χ0v) is 12.4. The molecule has 0 amide bonds. The van der Waals surface area contributed by atoms with Crippen molar-refractivity contribution in [2.75, 3.05) is 0 Å². The number of aromatic nitrogens is 1.